The lowest BCUT2D eigenvalue weighted by Crippen LogP contribution is -2.10. The van der Waals surface area contributed by atoms with Gasteiger partial charge in [0.2, 0.25) is 0 Å². The first-order valence-corrected chi connectivity index (χ1v) is 6.62. The summed E-state index contributed by atoms with van der Waals surface area (Å²) >= 11 is 0. The summed E-state index contributed by atoms with van der Waals surface area (Å²) in [6, 6.07) is 10.8. The second-order valence-electron chi connectivity index (χ2n) is 4.48. The second kappa shape index (κ2) is 7.59. The zero-order chi connectivity index (χ0) is 15.1. The van der Waals surface area contributed by atoms with Crippen molar-refractivity contribution in [3.8, 4) is 11.5 Å². The average Bonchev–Trinajstić information content (AvgIpc) is 2.43. The van der Waals surface area contributed by atoms with Crippen molar-refractivity contribution in [2.45, 2.75) is 6.54 Å². The Hall–Kier alpha value is -2.14. The lowest BCUT2D eigenvalue weighted by Gasteiger charge is -2.09. The van der Waals surface area contributed by atoms with Gasteiger partial charge in [0.05, 0.1) is 0 Å². The van der Waals surface area contributed by atoms with Gasteiger partial charge in [0.25, 0.3) is 0 Å². The molecule has 0 aliphatic heterocycles. The molecule has 1 N–H and O–H groups in total. The summed E-state index contributed by atoms with van der Waals surface area (Å²) in [4.78, 5) is 0. The largest absolute Gasteiger partial charge is 0.490 e. The minimum Gasteiger partial charge on any atom is -0.490 e. The van der Waals surface area contributed by atoms with Gasteiger partial charge >= 0.3 is 0 Å². The number of halogens is 2. The van der Waals surface area contributed by atoms with Crippen molar-refractivity contribution in [2.75, 3.05) is 20.3 Å². The number of rotatable bonds is 7. The predicted octanol–water partition coefficient (Wildman–Crippen LogP) is 3.14. The second-order valence-corrected chi connectivity index (χ2v) is 4.48. The summed E-state index contributed by atoms with van der Waals surface area (Å²) in [6.45, 7) is 1.26. The zero-order valence-corrected chi connectivity index (χ0v) is 11.7. The van der Waals surface area contributed by atoms with Gasteiger partial charge in [-0.25, -0.2) is 8.78 Å². The third-order valence-corrected chi connectivity index (χ3v) is 2.74. The summed E-state index contributed by atoms with van der Waals surface area (Å²) in [7, 11) is 1.87. The molecule has 2 aromatic rings. The maximum Gasteiger partial charge on any atom is 0.129 e. The molecule has 0 fully saturated rings. The number of ether oxygens (including phenoxy) is 2. The molecular weight excluding hydrogens is 276 g/mol. The zero-order valence-electron chi connectivity index (χ0n) is 11.7. The van der Waals surface area contributed by atoms with Crippen LogP contribution >= 0.6 is 0 Å². The molecule has 2 rings (SSSR count). The standard InChI is InChI=1S/C16H17F2NO2/c1-19-11-12-3-2-4-15(7-12)20-5-6-21-16-9-13(17)8-14(18)10-16/h2-4,7-10,19H,5-6,11H2,1H3. The van der Waals surface area contributed by atoms with Crippen LogP contribution in [0.15, 0.2) is 42.5 Å². The van der Waals surface area contributed by atoms with Crippen LogP contribution in [0.3, 0.4) is 0 Å². The summed E-state index contributed by atoms with van der Waals surface area (Å²) in [6.07, 6.45) is 0. The van der Waals surface area contributed by atoms with Crippen molar-refractivity contribution in [2.24, 2.45) is 0 Å². The summed E-state index contributed by atoms with van der Waals surface area (Å²) in [5.74, 6) is -0.437. The molecule has 0 spiro atoms. The third kappa shape index (κ3) is 5.04. The van der Waals surface area contributed by atoms with Crippen LogP contribution in [0.4, 0.5) is 8.78 Å². The molecule has 0 unspecified atom stereocenters. The number of nitrogens with one attached hydrogen (secondary N) is 1. The monoisotopic (exact) mass is 293 g/mol. The van der Waals surface area contributed by atoms with Gasteiger partial charge in [-0.2, -0.15) is 0 Å². The molecule has 0 aromatic heterocycles. The van der Waals surface area contributed by atoms with E-state index >= 15 is 0 Å². The molecule has 0 aliphatic carbocycles. The number of hydrogen-bond acceptors (Lipinski definition) is 3. The molecule has 112 valence electrons. The Labute approximate surface area is 122 Å². The summed E-state index contributed by atoms with van der Waals surface area (Å²) in [5, 5.41) is 3.06. The van der Waals surface area contributed by atoms with Crippen molar-refractivity contribution in [3.05, 3.63) is 59.7 Å². The fourth-order valence-electron chi connectivity index (χ4n) is 1.88. The Balaban J connectivity index is 1.80. The lowest BCUT2D eigenvalue weighted by atomic mass is 10.2. The average molecular weight is 293 g/mol. The SMILES string of the molecule is CNCc1cccc(OCCOc2cc(F)cc(F)c2)c1. The fourth-order valence-corrected chi connectivity index (χ4v) is 1.88. The minimum atomic E-state index is -0.661. The summed E-state index contributed by atoms with van der Waals surface area (Å²) < 4.78 is 36.7. The van der Waals surface area contributed by atoms with E-state index in [9.17, 15) is 8.78 Å². The van der Waals surface area contributed by atoms with Crippen LogP contribution in [0, 0.1) is 11.6 Å². The van der Waals surface area contributed by atoms with E-state index in [-0.39, 0.29) is 12.4 Å². The van der Waals surface area contributed by atoms with Crippen LogP contribution in [-0.4, -0.2) is 20.3 Å². The van der Waals surface area contributed by atoms with Gasteiger partial charge < -0.3 is 14.8 Å². The maximum atomic E-state index is 13.0. The van der Waals surface area contributed by atoms with Crippen LogP contribution in [0.5, 0.6) is 11.5 Å². The Morgan fingerprint density at radius 2 is 1.57 bits per heavy atom. The quantitative estimate of drug-likeness (QED) is 0.796. The molecule has 0 saturated heterocycles. The maximum absolute atomic E-state index is 13.0. The first-order chi connectivity index (χ1) is 10.2. The van der Waals surface area contributed by atoms with Crippen LogP contribution in [0.1, 0.15) is 5.56 Å². The molecule has 0 bridgehead atoms. The van der Waals surface area contributed by atoms with Crippen molar-refractivity contribution in [3.63, 3.8) is 0 Å². The van der Waals surface area contributed by atoms with E-state index in [1.54, 1.807) is 0 Å². The number of hydrogen-bond donors (Lipinski definition) is 1. The minimum absolute atomic E-state index is 0.153. The number of benzene rings is 2. The smallest absolute Gasteiger partial charge is 0.129 e. The van der Waals surface area contributed by atoms with E-state index in [0.717, 1.165) is 36.1 Å². The molecular formula is C16H17F2NO2. The van der Waals surface area contributed by atoms with E-state index in [2.05, 4.69) is 5.32 Å². The van der Waals surface area contributed by atoms with Crippen molar-refractivity contribution >= 4 is 0 Å². The van der Waals surface area contributed by atoms with Crippen LogP contribution < -0.4 is 14.8 Å². The molecule has 0 amide bonds. The normalized spacial score (nSPS) is 10.4. The van der Waals surface area contributed by atoms with E-state index < -0.39 is 11.6 Å². The van der Waals surface area contributed by atoms with Crippen LogP contribution in [-0.2, 0) is 6.54 Å². The van der Waals surface area contributed by atoms with Gasteiger partial charge in [-0.3, -0.25) is 0 Å². The Morgan fingerprint density at radius 3 is 2.24 bits per heavy atom. The Kier molecular flexibility index (Phi) is 5.51. The molecule has 0 saturated carbocycles. The van der Waals surface area contributed by atoms with Gasteiger partial charge in [-0.05, 0) is 24.7 Å². The lowest BCUT2D eigenvalue weighted by molar-refractivity contribution is 0.216. The van der Waals surface area contributed by atoms with Gasteiger partial charge in [0.1, 0.15) is 36.3 Å². The highest BCUT2D eigenvalue weighted by Gasteiger charge is 2.02. The van der Waals surface area contributed by atoms with E-state index in [1.165, 1.54) is 0 Å². The highest BCUT2D eigenvalue weighted by molar-refractivity contribution is 5.28. The molecule has 0 radical (unpaired) electrons. The van der Waals surface area contributed by atoms with Gasteiger partial charge in [-0.15, -0.1) is 0 Å². The topological polar surface area (TPSA) is 30.5 Å². The molecule has 5 heteroatoms. The summed E-state index contributed by atoms with van der Waals surface area (Å²) in [5.41, 5.74) is 1.11. The molecule has 0 heterocycles. The van der Waals surface area contributed by atoms with Crippen molar-refractivity contribution < 1.29 is 18.3 Å². The molecule has 0 atom stereocenters. The Bertz CT molecular complexity index is 570. The van der Waals surface area contributed by atoms with E-state index in [4.69, 9.17) is 9.47 Å². The van der Waals surface area contributed by atoms with E-state index in [1.807, 2.05) is 31.3 Å². The van der Waals surface area contributed by atoms with Crippen LogP contribution in [0.2, 0.25) is 0 Å². The van der Waals surface area contributed by atoms with Crippen LogP contribution in [0.25, 0.3) is 0 Å². The third-order valence-electron chi connectivity index (χ3n) is 2.74. The molecule has 0 aliphatic rings. The first-order valence-electron chi connectivity index (χ1n) is 6.62. The first kappa shape index (κ1) is 15.3. The van der Waals surface area contributed by atoms with Gasteiger partial charge in [0.15, 0.2) is 0 Å². The van der Waals surface area contributed by atoms with Crippen molar-refractivity contribution in [1.29, 1.82) is 0 Å². The molecule has 21 heavy (non-hydrogen) atoms. The van der Waals surface area contributed by atoms with Gasteiger partial charge in [0, 0.05) is 24.7 Å². The molecule has 3 nitrogen and oxygen atoms in total. The van der Waals surface area contributed by atoms with Crippen molar-refractivity contribution in [1.82, 2.24) is 5.32 Å². The highest BCUT2D eigenvalue weighted by Crippen LogP contribution is 2.16. The van der Waals surface area contributed by atoms with Gasteiger partial charge in [-0.1, -0.05) is 12.1 Å². The predicted molar refractivity (Wildman–Crippen MR) is 76.6 cm³/mol. The molecule has 2 aromatic carbocycles. The highest BCUT2D eigenvalue weighted by atomic mass is 19.1. The Morgan fingerprint density at radius 1 is 0.905 bits per heavy atom. The van der Waals surface area contributed by atoms with E-state index in [0.29, 0.717) is 6.61 Å². The fraction of sp³-hybridized carbons (Fsp3) is 0.250.